The zero-order chi connectivity index (χ0) is 96.6. The molecule has 0 rings (SSSR count). The number of nitriles is 10. The van der Waals surface area contributed by atoms with Crippen molar-refractivity contribution < 1.29 is 174 Å². The van der Waals surface area contributed by atoms with E-state index in [9.17, 15) is 45.4 Å². The van der Waals surface area contributed by atoms with Crippen LogP contribution in [0.25, 0.3) is 0 Å². The SMILES string of the molecule is CC(C)(C)C#N.CC(C)C#N.CC(C)CC#N.CCC#N.CCC#N.CCC#N.CCC#N.CCC(C)C#N.CCCC#N.CCCCC#N.[Cl][Ta]([Cl])([Cl])([Cl])[Cl].[Cl][Ta]([Cl])([Cl])([Cl])[Cl].[Cl][Ta]([Cl])([Cl])([Cl])[Cl].[Cl][Ta]([Cl])([Cl])([Cl])[Cl].[Cl][Ta]([Cl])([Cl])([Cl])[Cl].[Cl][Ta]([Cl])([Cl])([Cl])[Cl].[Cl][Ta]([Cl])([Cl])([Cl])[Cl].[F][Ta]([F])([F])([F])[F].[F][Ta]([F])([F])([F])[F].[F][Ta]([F])([F])([F])[F]. The van der Waals surface area contributed by atoms with Gasteiger partial charge in [0.1, 0.15) is 0 Å². The van der Waals surface area contributed by atoms with Crippen molar-refractivity contribution in [3.63, 3.8) is 0 Å². The molecule has 0 fully saturated rings. The molecule has 0 aromatic rings. The molecular weight excluding hydrogens is 3960 g/mol. The van der Waals surface area contributed by atoms with Crippen molar-refractivity contribution in [2.24, 2.45) is 23.2 Å². The summed E-state index contributed by atoms with van der Waals surface area (Å²) in [6.45, 7) is 28.7. The first-order valence-electron chi connectivity index (χ1n) is 25.6. The van der Waals surface area contributed by atoms with Crippen molar-refractivity contribution in [2.45, 2.75) is 174 Å². The van der Waals surface area contributed by atoms with Gasteiger partial charge in [-0.1, -0.05) is 68.7 Å². The Morgan fingerprint density at radius 3 is 0.418 bits per heavy atom. The summed E-state index contributed by atoms with van der Waals surface area (Å²) >= 11 is -27.9. The number of nitrogens with zero attached hydrogens (tertiary/aromatic N) is 10. The van der Waals surface area contributed by atoms with E-state index >= 15 is 0 Å². The van der Waals surface area contributed by atoms with Crippen LogP contribution in [0.4, 0.5) is 45.4 Å². The van der Waals surface area contributed by atoms with Crippen LogP contribution in [0.3, 0.4) is 0 Å². The van der Waals surface area contributed by atoms with Gasteiger partial charge in [-0.15, -0.1) is 0 Å². The molecule has 0 spiro atoms. The van der Waals surface area contributed by atoms with Crippen LogP contribution in [-0.4, -0.2) is 0 Å². The Balaban J connectivity index is -0.0000000431. The number of unbranched alkanes of at least 4 members (excludes halogenated alkanes) is 3. The quantitative estimate of drug-likeness (QED) is 0.186. The van der Waals surface area contributed by atoms with E-state index in [1.54, 1.807) is 0 Å². The van der Waals surface area contributed by atoms with Crippen molar-refractivity contribution >= 4 is 322 Å². The Kier molecular flexibility index (Phi) is 123. The van der Waals surface area contributed by atoms with Crippen LogP contribution in [0.1, 0.15) is 174 Å². The topological polar surface area (TPSA) is 238 Å². The molecule has 0 aromatic heterocycles. The van der Waals surface area contributed by atoms with Gasteiger partial charge in [0.15, 0.2) is 0 Å². The molecule has 110 heavy (non-hydrogen) atoms. The molecule has 680 valence electrons. The summed E-state index contributed by atoms with van der Waals surface area (Å²) in [5.41, 5.74) is -0.153. The standard InChI is InChI=1S/4C5H9N.2C4H7N.4C3H5N.35ClH.15FH.10Ta/c1-5(2,3)4-6;1-5(2)3-4-6;1-3-5(2)4-6;1-2-3-4-5-6;1-4(2)3-5;1-2-3-4-5;4*1-2-3-4;;;;;;;;;;;;;;;;;;;;;;;;;;;;;;;;;;;;;;;;;;;;;;;;;;;;;;;;;;;;/h1-3H3;2*5H,3H2,1-2H3;2-4H2,1H3;4H,1-2H3;2-3H2,1H3;4*2H2,1H3;50*1H;;;;;;;;;;/q;;;;;;;;;;;;;;;;;;;;;;;;;;;;;;;;;;;;;;;;;;;;;;;;;;;;;;;;;;;;10*+5/p-50. The first-order chi connectivity index (χ1) is 45.8. The molecule has 0 bridgehead atoms. The molecule has 10 nitrogen and oxygen atoms in total. The van der Waals surface area contributed by atoms with E-state index in [2.05, 4.69) is 31.2 Å². The van der Waals surface area contributed by atoms with Gasteiger partial charge in [-0.25, -0.2) is 0 Å². The van der Waals surface area contributed by atoms with Crippen LogP contribution in [0, 0.1) is 136 Å². The van der Waals surface area contributed by atoms with E-state index in [1.165, 1.54) is 0 Å². The van der Waals surface area contributed by atoms with Crippen LogP contribution in [0.2, 0.25) is 0 Å². The van der Waals surface area contributed by atoms with Crippen LogP contribution in [-0.2, 0) is 129 Å². The molecule has 0 amide bonds. The average molecular weight is 4030 g/mol. The summed E-state index contributed by atoms with van der Waals surface area (Å²) in [7, 11) is 146. The molecule has 0 radical (unpaired) electrons. The van der Waals surface area contributed by atoms with Crippen LogP contribution in [0.15, 0.2) is 0 Å². The van der Waals surface area contributed by atoms with Crippen molar-refractivity contribution in [3.8, 4) is 60.7 Å². The fourth-order valence-corrected chi connectivity index (χ4v) is 0.641. The van der Waals surface area contributed by atoms with Gasteiger partial charge >= 0.3 is 496 Å². The Morgan fingerprint density at radius 2 is 0.409 bits per heavy atom. The molecular formula is C40H70Cl35F15N10Ta10. The number of hydrogen-bond acceptors (Lipinski definition) is 10. The zero-order valence-corrected chi connectivity index (χ0v) is 116. The van der Waals surface area contributed by atoms with E-state index in [0.717, 1.165) is 32.1 Å². The number of hydrogen-bond donors (Lipinski definition) is 0. The van der Waals surface area contributed by atoms with Gasteiger partial charge in [-0.3, -0.25) is 0 Å². The average Bonchev–Trinajstić information content (AvgIpc) is 0.984. The van der Waals surface area contributed by atoms with E-state index < -0.39 is 129 Å². The van der Waals surface area contributed by atoms with Crippen molar-refractivity contribution in [1.29, 1.82) is 52.6 Å². The van der Waals surface area contributed by atoms with E-state index in [0.29, 0.717) is 44.4 Å². The summed E-state index contributed by atoms with van der Waals surface area (Å²) in [6, 6.07) is 20.1. The predicted molar refractivity (Wildman–Crippen MR) is 426 cm³/mol. The van der Waals surface area contributed by atoms with Crippen molar-refractivity contribution in [1.82, 2.24) is 0 Å². The second-order valence-corrected chi connectivity index (χ2v) is 356. The summed E-state index contributed by atoms with van der Waals surface area (Å²) in [6.07, 6.45) is 8.73. The Labute approximate surface area is 789 Å². The molecule has 0 aliphatic rings. The van der Waals surface area contributed by atoms with Gasteiger partial charge in [0.25, 0.3) is 0 Å². The molecule has 0 N–H and O–H groups in total. The second kappa shape index (κ2) is 79.0. The first-order valence-corrected chi connectivity index (χ1v) is 183. The summed E-state index contributed by atoms with van der Waals surface area (Å²) in [5.74, 6) is 0.968. The molecule has 1 atom stereocenters. The minimum absolute atomic E-state index is 0.153. The van der Waals surface area contributed by atoms with Crippen LogP contribution in [0.5, 0.6) is 0 Å². The Hall–Kier alpha value is 11.4. The molecule has 0 heterocycles. The summed E-state index contributed by atoms with van der Waals surface area (Å²) in [4.78, 5) is 0. The predicted octanol–water partition coefficient (Wildman–Crippen LogP) is 42.9. The van der Waals surface area contributed by atoms with Crippen LogP contribution >= 0.6 is 322 Å². The van der Waals surface area contributed by atoms with E-state index in [-0.39, 0.29) is 17.3 Å². The third kappa shape index (κ3) is 1590. The summed E-state index contributed by atoms with van der Waals surface area (Å²) in [5, 5.41) is 78.4. The maximum atomic E-state index is 9.92. The second-order valence-electron chi connectivity index (χ2n) is 17.4. The first kappa shape index (κ1) is 171. The fourth-order valence-electron chi connectivity index (χ4n) is 0.641. The van der Waals surface area contributed by atoms with Crippen molar-refractivity contribution in [3.05, 3.63) is 0 Å². The molecule has 0 saturated heterocycles. The van der Waals surface area contributed by atoms with Gasteiger partial charge in [0, 0.05) is 62.2 Å². The summed E-state index contributed by atoms with van der Waals surface area (Å²) < 4.78 is 149. The Bertz CT molecular complexity index is 2200. The molecule has 70 heteroatoms. The third-order valence-electron chi connectivity index (χ3n) is 3.56. The third-order valence-corrected chi connectivity index (χ3v) is 3.56. The number of rotatable bonds is 5. The van der Waals surface area contributed by atoms with Crippen LogP contribution < -0.4 is 0 Å². The molecule has 1 unspecified atom stereocenters. The van der Waals surface area contributed by atoms with Gasteiger partial charge < -0.3 is 0 Å². The van der Waals surface area contributed by atoms with Gasteiger partial charge in [-0.05, 0) is 66.7 Å². The van der Waals surface area contributed by atoms with Gasteiger partial charge in [0.2, 0.25) is 0 Å². The fraction of sp³-hybridized carbons (Fsp3) is 0.750. The normalized spacial score (nSPS) is 13.9. The van der Waals surface area contributed by atoms with E-state index in [1.807, 2.05) is 133 Å². The maximum absolute atomic E-state index is 9.92. The molecule has 0 aromatic carbocycles. The molecule has 0 aliphatic carbocycles. The molecule has 0 saturated carbocycles. The van der Waals surface area contributed by atoms with E-state index in [4.69, 9.17) is 374 Å². The van der Waals surface area contributed by atoms with Crippen molar-refractivity contribution in [2.75, 3.05) is 0 Å². The molecule has 0 aliphatic heterocycles. The Morgan fingerprint density at radius 1 is 0.273 bits per heavy atom. The monoisotopic (exact) mass is 4010 g/mol. The zero-order valence-electron chi connectivity index (χ0n) is 57.9. The van der Waals surface area contributed by atoms with Gasteiger partial charge in [-0.2, -0.15) is 52.6 Å². The minimum atomic E-state index is -9.30. The number of halogens is 50. The van der Waals surface area contributed by atoms with Gasteiger partial charge in [0.05, 0.1) is 60.7 Å².